The largest absolute Gasteiger partial charge is 0.454 e. The quantitative estimate of drug-likeness (QED) is 0.542. The van der Waals surface area contributed by atoms with Crippen LogP contribution in [-0.4, -0.2) is 38.4 Å². The molecule has 0 aliphatic carbocycles. The first-order chi connectivity index (χ1) is 12.6. The topological polar surface area (TPSA) is 65.0 Å². The maximum atomic E-state index is 12.6. The number of likely N-dealkylation sites (N-methyl/N-ethyl adjacent to an activating group) is 1. The Morgan fingerprint density at radius 2 is 2.04 bits per heavy atom. The molecule has 0 amide bonds. The fourth-order valence-electron chi connectivity index (χ4n) is 3.07. The van der Waals surface area contributed by atoms with E-state index >= 15 is 0 Å². The summed E-state index contributed by atoms with van der Waals surface area (Å²) in [6.07, 6.45) is 2.90. The van der Waals surface area contributed by atoms with Crippen LogP contribution in [0.2, 0.25) is 0 Å². The van der Waals surface area contributed by atoms with Crippen LogP contribution in [0, 0.1) is 0 Å². The summed E-state index contributed by atoms with van der Waals surface area (Å²) in [5, 5.41) is 0.961. The van der Waals surface area contributed by atoms with Crippen molar-refractivity contribution in [3.05, 3.63) is 53.7 Å². The number of fused-ring (bicyclic) bond motifs is 2. The van der Waals surface area contributed by atoms with Gasteiger partial charge in [0.15, 0.2) is 11.5 Å². The van der Waals surface area contributed by atoms with E-state index in [0.29, 0.717) is 22.8 Å². The first kappa shape index (κ1) is 16.5. The third-order valence-corrected chi connectivity index (χ3v) is 4.45. The van der Waals surface area contributed by atoms with E-state index in [9.17, 15) is 4.79 Å². The van der Waals surface area contributed by atoms with Crippen molar-refractivity contribution in [1.82, 2.24) is 4.98 Å². The molecule has 2 heterocycles. The Labute approximate surface area is 151 Å². The Kier molecular flexibility index (Phi) is 4.26. The van der Waals surface area contributed by atoms with E-state index in [1.165, 1.54) is 4.90 Å². The third-order valence-electron chi connectivity index (χ3n) is 4.45. The Morgan fingerprint density at radius 1 is 1.19 bits per heavy atom. The van der Waals surface area contributed by atoms with E-state index in [2.05, 4.69) is 19.1 Å². The van der Waals surface area contributed by atoms with E-state index in [0.717, 1.165) is 29.4 Å². The highest BCUT2D eigenvalue weighted by molar-refractivity contribution is 5.96. The molecule has 0 saturated carbocycles. The average molecular weight is 353 g/mol. The monoisotopic (exact) mass is 353 g/mol. The van der Waals surface area contributed by atoms with Gasteiger partial charge in [-0.3, -0.25) is 0 Å². The van der Waals surface area contributed by atoms with Gasteiger partial charge in [0, 0.05) is 23.5 Å². The summed E-state index contributed by atoms with van der Waals surface area (Å²) >= 11 is 0. The first-order valence-corrected chi connectivity index (χ1v) is 8.61. The van der Waals surface area contributed by atoms with Gasteiger partial charge in [0.1, 0.15) is 5.75 Å². The van der Waals surface area contributed by atoms with Gasteiger partial charge < -0.3 is 24.1 Å². The van der Waals surface area contributed by atoms with Crippen LogP contribution in [0.4, 0.5) is 0 Å². The van der Waals surface area contributed by atoms with Crippen LogP contribution in [0.3, 0.4) is 0 Å². The molecular formula is C20H21N2O4+. The van der Waals surface area contributed by atoms with Gasteiger partial charge in [0.05, 0.1) is 26.2 Å². The molecule has 6 heteroatoms. The fourth-order valence-corrected chi connectivity index (χ4v) is 3.07. The molecule has 0 atom stereocenters. The van der Waals surface area contributed by atoms with Crippen LogP contribution in [0.25, 0.3) is 10.9 Å². The number of benzene rings is 2. The second kappa shape index (κ2) is 6.72. The molecule has 26 heavy (non-hydrogen) atoms. The number of ether oxygens (including phenoxy) is 3. The van der Waals surface area contributed by atoms with Crippen molar-refractivity contribution in [2.45, 2.75) is 6.42 Å². The molecule has 0 saturated heterocycles. The zero-order chi connectivity index (χ0) is 18.1. The number of esters is 1. The minimum absolute atomic E-state index is 0.174. The van der Waals surface area contributed by atoms with E-state index in [1.54, 1.807) is 18.2 Å². The molecule has 0 unspecified atom stereocenters. The van der Waals surface area contributed by atoms with E-state index in [1.807, 2.05) is 24.4 Å². The first-order valence-electron chi connectivity index (χ1n) is 8.61. The van der Waals surface area contributed by atoms with Crippen LogP contribution in [0.5, 0.6) is 17.2 Å². The summed E-state index contributed by atoms with van der Waals surface area (Å²) in [5.74, 6) is 1.35. The van der Waals surface area contributed by atoms with Crippen LogP contribution >= 0.6 is 0 Å². The molecule has 1 aliphatic rings. The minimum Gasteiger partial charge on any atom is -0.454 e. The summed E-state index contributed by atoms with van der Waals surface area (Å²) in [4.78, 5) is 17.3. The molecule has 0 spiro atoms. The Morgan fingerprint density at radius 3 is 2.88 bits per heavy atom. The molecule has 3 aromatic rings. The normalized spacial score (nSPS) is 12.7. The van der Waals surface area contributed by atoms with Gasteiger partial charge in [-0.1, -0.05) is 6.07 Å². The number of carbonyl (C=O) groups is 1. The lowest BCUT2D eigenvalue weighted by molar-refractivity contribution is -0.858. The smallest absolute Gasteiger partial charge is 0.343 e. The van der Waals surface area contributed by atoms with E-state index in [-0.39, 0.29) is 6.79 Å². The number of aromatic nitrogens is 1. The highest BCUT2D eigenvalue weighted by Crippen LogP contribution is 2.34. The molecular weight excluding hydrogens is 332 g/mol. The predicted octanol–water partition coefficient (Wildman–Crippen LogP) is 1.80. The highest BCUT2D eigenvalue weighted by atomic mass is 16.7. The van der Waals surface area contributed by atoms with Gasteiger partial charge in [0.2, 0.25) is 6.79 Å². The van der Waals surface area contributed by atoms with Crippen LogP contribution in [-0.2, 0) is 6.42 Å². The predicted molar refractivity (Wildman–Crippen MR) is 97.2 cm³/mol. The summed E-state index contributed by atoms with van der Waals surface area (Å²) in [6, 6.07) is 10.7. The minimum atomic E-state index is -0.416. The number of nitrogens with one attached hydrogen (secondary N) is 2. The lowest BCUT2D eigenvalue weighted by Gasteiger charge is -2.09. The van der Waals surface area contributed by atoms with Crippen molar-refractivity contribution >= 4 is 16.9 Å². The van der Waals surface area contributed by atoms with Gasteiger partial charge in [-0.25, -0.2) is 4.79 Å². The number of carbonyl (C=O) groups excluding carboxylic acids is 1. The van der Waals surface area contributed by atoms with Crippen LogP contribution in [0.1, 0.15) is 15.9 Å². The van der Waals surface area contributed by atoms with Gasteiger partial charge in [-0.05, 0) is 35.9 Å². The second-order valence-corrected chi connectivity index (χ2v) is 6.66. The summed E-state index contributed by atoms with van der Waals surface area (Å²) < 4.78 is 16.3. The van der Waals surface area contributed by atoms with Crippen molar-refractivity contribution in [2.75, 3.05) is 27.4 Å². The lowest BCUT2D eigenvalue weighted by Crippen LogP contribution is -3.05. The number of hydrogen-bond acceptors (Lipinski definition) is 4. The maximum Gasteiger partial charge on any atom is 0.343 e. The second-order valence-electron chi connectivity index (χ2n) is 6.66. The molecule has 4 rings (SSSR count). The molecule has 134 valence electrons. The van der Waals surface area contributed by atoms with Crippen LogP contribution < -0.4 is 19.1 Å². The molecule has 6 nitrogen and oxygen atoms in total. The lowest BCUT2D eigenvalue weighted by atomic mass is 10.1. The zero-order valence-electron chi connectivity index (χ0n) is 14.8. The van der Waals surface area contributed by atoms with Crippen molar-refractivity contribution in [3.63, 3.8) is 0 Å². The number of rotatable bonds is 5. The molecule has 2 aromatic carbocycles. The molecule has 0 fully saturated rings. The molecule has 0 radical (unpaired) electrons. The van der Waals surface area contributed by atoms with Crippen molar-refractivity contribution in [1.29, 1.82) is 0 Å². The summed E-state index contributed by atoms with van der Waals surface area (Å²) in [7, 11) is 4.24. The van der Waals surface area contributed by atoms with Crippen molar-refractivity contribution < 1.29 is 23.9 Å². The highest BCUT2D eigenvalue weighted by Gasteiger charge is 2.19. The number of quaternary nitrogens is 1. The molecule has 2 N–H and O–H groups in total. The van der Waals surface area contributed by atoms with Crippen LogP contribution in [0.15, 0.2) is 42.6 Å². The van der Waals surface area contributed by atoms with Gasteiger partial charge in [0.25, 0.3) is 0 Å². The molecule has 1 aromatic heterocycles. The molecule has 0 bridgehead atoms. The standard InChI is InChI=1S/C20H20N2O4/c1-22(2)9-8-14-11-21-15-4-3-5-17(19(14)15)26-20(23)13-6-7-16-18(10-13)25-12-24-16/h3-7,10-11,21H,8-9,12H2,1-2H3/p+1. The summed E-state index contributed by atoms with van der Waals surface area (Å²) in [6.45, 7) is 1.17. The zero-order valence-corrected chi connectivity index (χ0v) is 14.8. The van der Waals surface area contributed by atoms with Crippen molar-refractivity contribution in [3.8, 4) is 17.2 Å². The molecule has 1 aliphatic heterocycles. The Bertz CT molecular complexity index is 962. The fraction of sp³-hybridized carbons (Fsp3) is 0.250. The van der Waals surface area contributed by atoms with E-state index < -0.39 is 5.97 Å². The number of hydrogen-bond donors (Lipinski definition) is 2. The Balaban J connectivity index is 1.62. The van der Waals surface area contributed by atoms with Crippen molar-refractivity contribution in [2.24, 2.45) is 0 Å². The van der Waals surface area contributed by atoms with Gasteiger partial charge in [-0.2, -0.15) is 0 Å². The van der Waals surface area contributed by atoms with Gasteiger partial charge in [-0.15, -0.1) is 0 Å². The van der Waals surface area contributed by atoms with Gasteiger partial charge >= 0.3 is 5.97 Å². The number of H-pyrrole nitrogens is 1. The third kappa shape index (κ3) is 3.11. The van der Waals surface area contributed by atoms with E-state index in [4.69, 9.17) is 14.2 Å². The SMILES string of the molecule is C[NH+](C)CCc1c[nH]c2cccc(OC(=O)c3ccc4c(c3)OCO4)c12. The Hall–Kier alpha value is -2.99. The summed E-state index contributed by atoms with van der Waals surface area (Å²) in [5.41, 5.74) is 2.54. The average Bonchev–Trinajstić information content (AvgIpc) is 3.26. The number of aromatic amines is 1. The maximum absolute atomic E-state index is 12.6.